The average molecular weight is 326 g/mol. The molecule has 1 aromatic carbocycles. The van der Waals surface area contributed by atoms with Gasteiger partial charge in [-0.2, -0.15) is 4.37 Å². The Hall–Kier alpha value is -1.67. The fraction of sp³-hybridized carbons (Fsp3) is 0.385. The van der Waals surface area contributed by atoms with Crippen molar-refractivity contribution in [2.45, 2.75) is 32.6 Å². The zero-order valence-corrected chi connectivity index (χ0v) is 14.0. The molecular weight excluding hydrogens is 308 g/mol. The summed E-state index contributed by atoms with van der Waals surface area (Å²) in [7, 11) is -3.66. The molecular formula is C13H18N4O2S2. The number of nitrogens with one attached hydrogen (secondary N) is 2. The van der Waals surface area contributed by atoms with Gasteiger partial charge in [0.2, 0.25) is 5.13 Å². The molecule has 0 aliphatic carbocycles. The van der Waals surface area contributed by atoms with Gasteiger partial charge < -0.3 is 5.32 Å². The van der Waals surface area contributed by atoms with Crippen molar-refractivity contribution in [1.82, 2.24) is 9.36 Å². The van der Waals surface area contributed by atoms with Crippen LogP contribution in [0.3, 0.4) is 0 Å². The summed E-state index contributed by atoms with van der Waals surface area (Å²) in [5.41, 5.74) is 2.30. The van der Waals surface area contributed by atoms with Crippen LogP contribution in [0.1, 0.15) is 23.9 Å². The molecule has 2 N–H and O–H groups in total. The van der Waals surface area contributed by atoms with Crippen molar-refractivity contribution >= 4 is 32.4 Å². The summed E-state index contributed by atoms with van der Waals surface area (Å²) in [6.07, 6.45) is 0. The molecule has 21 heavy (non-hydrogen) atoms. The number of sulfonamides is 1. The Morgan fingerprint density at radius 3 is 2.29 bits per heavy atom. The fourth-order valence-corrected chi connectivity index (χ4v) is 4.44. The second-order valence-electron chi connectivity index (χ2n) is 4.72. The average Bonchev–Trinajstić information content (AvgIpc) is 2.72. The monoisotopic (exact) mass is 326 g/mol. The molecule has 6 nitrogen and oxygen atoms in total. The van der Waals surface area contributed by atoms with Crippen molar-refractivity contribution in [3.05, 3.63) is 29.1 Å². The van der Waals surface area contributed by atoms with E-state index in [9.17, 15) is 8.42 Å². The number of nitrogens with zero attached hydrogens (tertiary/aromatic N) is 2. The molecule has 0 aliphatic heterocycles. The lowest BCUT2D eigenvalue weighted by Gasteiger charge is -2.14. The van der Waals surface area contributed by atoms with Gasteiger partial charge in [0.15, 0.2) is 0 Å². The van der Waals surface area contributed by atoms with Crippen LogP contribution in [-0.2, 0) is 10.0 Å². The summed E-state index contributed by atoms with van der Waals surface area (Å²) in [5.74, 6) is 0.550. The van der Waals surface area contributed by atoms with Crippen LogP contribution >= 0.6 is 11.5 Å². The van der Waals surface area contributed by atoms with Crippen LogP contribution in [0.2, 0.25) is 0 Å². The molecule has 0 radical (unpaired) electrons. The van der Waals surface area contributed by atoms with Crippen LogP contribution < -0.4 is 10.0 Å². The third-order valence-corrected chi connectivity index (χ3v) is 5.35. The lowest BCUT2D eigenvalue weighted by Crippen LogP contribution is -2.16. The summed E-state index contributed by atoms with van der Waals surface area (Å²) in [6.45, 7) is 8.07. The highest BCUT2D eigenvalue weighted by atomic mass is 32.2. The summed E-state index contributed by atoms with van der Waals surface area (Å²) in [5, 5.41) is 3.47. The molecule has 1 heterocycles. The fourth-order valence-electron chi connectivity index (χ4n) is 2.18. The van der Waals surface area contributed by atoms with Crippen LogP contribution in [0.25, 0.3) is 0 Å². The van der Waals surface area contributed by atoms with Gasteiger partial charge in [0.1, 0.15) is 5.82 Å². The minimum Gasteiger partial charge on any atom is -0.385 e. The van der Waals surface area contributed by atoms with Crippen LogP contribution in [0, 0.1) is 20.8 Å². The first kappa shape index (κ1) is 15.7. The van der Waals surface area contributed by atoms with Crippen molar-refractivity contribution in [2.75, 3.05) is 16.6 Å². The van der Waals surface area contributed by atoms with Crippen LogP contribution in [-0.4, -0.2) is 24.3 Å². The Bertz CT molecular complexity index is 730. The maximum absolute atomic E-state index is 12.5. The lowest BCUT2D eigenvalue weighted by molar-refractivity contribution is 0.600. The van der Waals surface area contributed by atoms with E-state index in [4.69, 9.17) is 0 Å². The molecule has 2 aromatic rings. The van der Waals surface area contributed by atoms with Crippen LogP contribution in [0.5, 0.6) is 0 Å². The van der Waals surface area contributed by atoms with Gasteiger partial charge >= 0.3 is 0 Å². The van der Waals surface area contributed by atoms with Gasteiger partial charge in [0, 0.05) is 23.8 Å². The highest BCUT2D eigenvalue weighted by Crippen LogP contribution is 2.26. The summed E-state index contributed by atoms with van der Waals surface area (Å²) >= 11 is 1.03. The van der Waals surface area contributed by atoms with Crippen LogP contribution in [0.4, 0.5) is 10.8 Å². The molecule has 1 aromatic heterocycles. The Morgan fingerprint density at radius 1 is 1.19 bits per heavy atom. The molecule has 0 amide bonds. The second-order valence-corrected chi connectivity index (χ2v) is 7.09. The number of hydrogen-bond donors (Lipinski definition) is 2. The van der Waals surface area contributed by atoms with E-state index in [-0.39, 0.29) is 10.0 Å². The minimum absolute atomic E-state index is 0.280. The normalized spacial score (nSPS) is 11.4. The van der Waals surface area contributed by atoms with Gasteiger partial charge in [-0.1, -0.05) is 0 Å². The largest absolute Gasteiger partial charge is 0.385 e. The van der Waals surface area contributed by atoms with Crippen molar-refractivity contribution < 1.29 is 8.42 Å². The van der Waals surface area contributed by atoms with E-state index < -0.39 is 10.0 Å². The summed E-state index contributed by atoms with van der Waals surface area (Å²) in [6, 6.07) is 3.66. The zero-order valence-electron chi connectivity index (χ0n) is 12.4. The van der Waals surface area contributed by atoms with Crippen molar-refractivity contribution in [2.24, 2.45) is 0 Å². The highest BCUT2D eigenvalue weighted by molar-refractivity contribution is 7.93. The number of benzene rings is 1. The molecule has 0 saturated heterocycles. The summed E-state index contributed by atoms with van der Waals surface area (Å²) < 4.78 is 31.5. The van der Waals surface area contributed by atoms with E-state index in [1.165, 1.54) is 0 Å². The maximum atomic E-state index is 12.5. The first-order valence-electron chi connectivity index (χ1n) is 6.51. The van der Waals surface area contributed by atoms with E-state index in [0.29, 0.717) is 17.0 Å². The number of anilines is 2. The standard InChI is InChI=1S/C13H18N4O2S2/c1-5-14-11-6-8(2)12(9(3)7-11)21(18,19)17-13-15-10(4)16-20-13/h6-7,14H,5H2,1-4H3,(H,15,16,17). The smallest absolute Gasteiger partial charge is 0.264 e. The Labute approximate surface area is 128 Å². The summed E-state index contributed by atoms with van der Waals surface area (Å²) in [4.78, 5) is 4.32. The molecule has 0 saturated carbocycles. The van der Waals surface area contributed by atoms with Crippen molar-refractivity contribution in [3.63, 3.8) is 0 Å². The molecule has 114 valence electrons. The van der Waals surface area contributed by atoms with E-state index in [2.05, 4.69) is 19.4 Å². The van der Waals surface area contributed by atoms with E-state index >= 15 is 0 Å². The molecule has 0 spiro atoms. The van der Waals surface area contributed by atoms with Crippen LogP contribution in [0.15, 0.2) is 17.0 Å². The molecule has 0 fully saturated rings. The predicted octanol–water partition coefficient (Wildman–Crippen LogP) is 2.70. The van der Waals surface area contributed by atoms with Gasteiger partial charge in [-0.3, -0.25) is 4.72 Å². The highest BCUT2D eigenvalue weighted by Gasteiger charge is 2.21. The predicted molar refractivity (Wildman–Crippen MR) is 85.5 cm³/mol. The Kier molecular flexibility index (Phi) is 4.48. The number of aryl methyl sites for hydroxylation is 3. The SMILES string of the molecule is CCNc1cc(C)c(S(=O)(=O)Nc2nc(C)ns2)c(C)c1. The third kappa shape index (κ3) is 3.51. The Balaban J connectivity index is 2.40. The quantitative estimate of drug-likeness (QED) is 0.882. The molecule has 0 unspecified atom stereocenters. The maximum Gasteiger partial charge on any atom is 0.264 e. The molecule has 2 rings (SSSR count). The molecule has 8 heteroatoms. The Morgan fingerprint density at radius 2 is 1.81 bits per heavy atom. The molecule has 0 bridgehead atoms. The first-order chi connectivity index (χ1) is 9.83. The van der Waals surface area contributed by atoms with Gasteiger partial charge in [-0.25, -0.2) is 13.4 Å². The zero-order chi connectivity index (χ0) is 15.6. The molecule has 0 atom stereocenters. The topological polar surface area (TPSA) is 84.0 Å². The third-order valence-electron chi connectivity index (χ3n) is 2.86. The van der Waals surface area contributed by atoms with Crippen molar-refractivity contribution in [1.29, 1.82) is 0 Å². The van der Waals surface area contributed by atoms with E-state index in [1.54, 1.807) is 20.8 Å². The number of hydrogen-bond acceptors (Lipinski definition) is 6. The van der Waals surface area contributed by atoms with Crippen molar-refractivity contribution in [3.8, 4) is 0 Å². The van der Waals surface area contributed by atoms with Gasteiger partial charge in [0.05, 0.1) is 4.90 Å². The molecule has 0 aliphatic rings. The first-order valence-corrected chi connectivity index (χ1v) is 8.77. The number of aromatic nitrogens is 2. The van der Waals surface area contributed by atoms with Gasteiger partial charge in [-0.05, 0) is 51.0 Å². The number of rotatable bonds is 5. The van der Waals surface area contributed by atoms with Gasteiger partial charge in [-0.15, -0.1) is 0 Å². The van der Waals surface area contributed by atoms with Gasteiger partial charge in [0.25, 0.3) is 10.0 Å². The minimum atomic E-state index is -3.66. The van der Waals surface area contributed by atoms with E-state index in [1.807, 2.05) is 19.1 Å². The van der Waals surface area contributed by atoms with E-state index in [0.717, 1.165) is 23.8 Å². The lowest BCUT2D eigenvalue weighted by atomic mass is 10.1. The second kappa shape index (κ2) is 5.98.